The Labute approximate surface area is 185 Å². The third-order valence-electron chi connectivity index (χ3n) is 8.25. The van der Waals surface area contributed by atoms with Crippen LogP contribution >= 0.6 is 0 Å². The minimum absolute atomic E-state index is 0.0621. The number of likely N-dealkylation sites (tertiary alicyclic amines) is 1. The summed E-state index contributed by atoms with van der Waals surface area (Å²) in [5, 5.41) is 0. The average molecular weight is 420 g/mol. The summed E-state index contributed by atoms with van der Waals surface area (Å²) in [7, 11) is 0. The van der Waals surface area contributed by atoms with Gasteiger partial charge in [0.25, 0.3) is 0 Å². The molecule has 4 nitrogen and oxygen atoms in total. The summed E-state index contributed by atoms with van der Waals surface area (Å²) in [6, 6.07) is 10.8. The smallest absolute Gasteiger partial charge is 0.311 e. The summed E-state index contributed by atoms with van der Waals surface area (Å²) < 4.78 is 5.96. The number of nitrogens with zero attached hydrogens (tertiary/aromatic N) is 1. The van der Waals surface area contributed by atoms with Crippen LogP contribution in [0.1, 0.15) is 45.1 Å². The van der Waals surface area contributed by atoms with Crippen molar-refractivity contribution in [1.29, 1.82) is 0 Å². The van der Waals surface area contributed by atoms with Gasteiger partial charge in [0.1, 0.15) is 6.10 Å². The molecule has 0 radical (unpaired) electrons. The zero-order chi connectivity index (χ0) is 21.6. The molecular weight excluding hydrogens is 386 g/mol. The van der Waals surface area contributed by atoms with Gasteiger partial charge in [0.05, 0.1) is 5.92 Å². The second-order valence-corrected chi connectivity index (χ2v) is 10.3. The first-order valence-corrected chi connectivity index (χ1v) is 11.9. The molecule has 1 saturated carbocycles. The third-order valence-corrected chi connectivity index (χ3v) is 8.25. The van der Waals surface area contributed by atoms with Crippen LogP contribution < -0.4 is 0 Å². The fourth-order valence-corrected chi connectivity index (χ4v) is 6.38. The summed E-state index contributed by atoms with van der Waals surface area (Å²) in [6.07, 6.45) is 9.01. The van der Waals surface area contributed by atoms with Crippen molar-refractivity contribution >= 4 is 11.8 Å². The topological polar surface area (TPSA) is 46.6 Å². The Morgan fingerprint density at radius 1 is 1.10 bits per heavy atom. The van der Waals surface area contributed by atoms with Gasteiger partial charge in [-0.25, -0.2) is 0 Å². The van der Waals surface area contributed by atoms with Gasteiger partial charge in [-0.3, -0.25) is 9.59 Å². The molecule has 2 aliphatic carbocycles. The van der Waals surface area contributed by atoms with Crippen molar-refractivity contribution in [2.45, 2.75) is 52.1 Å². The second kappa shape index (κ2) is 8.05. The zero-order valence-corrected chi connectivity index (χ0v) is 18.7. The lowest BCUT2D eigenvalue weighted by atomic mass is 9.61. The molecule has 0 aromatic heterocycles. The lowest BCUT2D eigenvalue weighted by Crippen LogP contribution is -2.43. The van der Waals surface area contributed by atoms with Crippen LogP contribution in [0.15, 0.2) is 53.6 Å². The number of piperidine rings is 1. The standard InChI is InChI=1S/C27H33NO3/c1-18-23(29)9-13-27(2)12-8-21-22(26(30)31-25(21)24(18)27)17-28-14-10-20(11-15-28)16-19-6-4-3-5-7-19/h3-7,9,13,20-22,25H,8,10-12,14-17H2,1-2H3/t21-,22-,25-,27-/m0/s1. The highest BCUT2D eigenvalue weighted by Gasteiger charge is 2.54. The van der Waals surface area contributed by atoms with Crippen LogP contribution in [0.3, 0.4) is 0 Å². The van der Waals surface area contributed by atoms with Crippen molar-refractivity contribution in [2.75, 3.05) is 19.6 Å². The predicted octanol–water partition coefficient (Wildman–Crippen LogP) is 4.35. The Kier molecular flexibility index (Phi) is 5.37. The molecule has 0 spiro atoms. The monoisotopic (exact) mass is 419 g/mol. The van der Waals surface area contributed by atoms with Gasteiger partial charge >= 0.3 is 5.97 Å². The van der Waals surface area contributed by atoms with E-state index in [0.29, 0.717) is 0 Å². The Balaban J connectivity index is 1.23. The lowest BCUT2D eigenvalue weighted by molar-refractivity contribution is -0.144. The molecule has 2 aliphatic heterocycles. The highest BCUT2D eigenvalue weighted by atomic mass is 16.6. The average Bonchev–Trinajstić information content (AvgIpc) is 3.08. The maximum atomic E-state index is 12.9. The van der Waals surface area contributed by atoms with Crippen LogP contribution in [0.4, 0.5) is 0 Å². The molecule has 1 aromatic rings. The number of carbonyl (C=O) groups is 2. The van der Waals surface area contributed by atoms with E-state index in [1.54, 1.807) is 6.08 Å². The molecule has 0 N–H and O–H groups in total. The fourth-order valence-electron chi connectivity index (χ4n) is 6.38. The van der Waals surface area contributed by atoms with Crippen molar-refractivity contribution < 1.29 is 14.3 Å². The van der Waals surface area contributed by atoms with Crippen molar-refractivity contribution in [3.63, 3.8) is 0 Å². The van der Waals surface area contributed by atoms with Crippen LogP contribution in [0, 0.1) is 23.2 Å². The minimum atomic E-state index is -0.222. The summed E-state index contributed by atoms with van der Waals surface area (Å²) >= 11 is 0. The van der Waals surface area contributed by atoms with E-state index in [-0.39, 0.29) is 35.1 Å². The van der Waals surface area contributed by atoms with Gasteiger partial charge in [-0.1, -0.05) is 43.3 Å². The number of ether oxygens (including phenoxy) is 1. The maximum absolute atomic E-state index is 12.9. The summed E-state index contributed by atoms with van der Waals surface area (Å²) in [5.41, 5.74) is 3.13. The largest absolute Gasteiger partial charge is 0.457 e. The Hall–Kier alpha value is -2.20. The van der Waals surface area contributed by atoms with Crippen LogP contribution in [-0.2, 0) is 20.7 Å². The predicted molar refractivity (Wildman–Crippen MR) is 120 cm³/mol. The lowest BCUT2D eigenvalue weighted by Gasteiger charge is -2.43. The van der Waals surface area contributed by atoms with Crippen molar-refractivity contribution in [1.82, 2.24) is 4.90 Å². The van der Waals surface area contributed by atoms with E-state index < -0.39 is 0 Å². The van der Waals surface area contributed by atoms with Gasteiger partial charge in [-0.2, -0.15) is 0 Å². The minimum Gasteiger partial charge on any atom is -0.457 e. The molecule has 0 unspecified atom stereocenters. The highest BCUT2D eigenvalue weighted by Crippen LogP contribution is 2.53. The maximum Gasteiger partial charge on any atom is 0.311 e. The summed E-state index contributed by atoms with van der Waals surface area (Å²) in [4.78, 5) is 27.7. The van der Waals surface area contributed by atoms with Gasteiger partial charge < -0.3 is 9.64 Å². The Morgan fingerprint density at radius 3 is 2.58 bits per heavy atom. The number of esters is 1. The first-order chi connectivity index (χ1) is 14.9. The van der Waals surface area contributed by atoms with Gasteiger partial charge in [0, 0.05) is 23.5 Å². The Bertz CT molecular complexity index is 925. The van der Waals surface area contributed by atoms with Gasteiger partial charge in [-0.15, -0.1) is 0 Å². The summed E-state index contributed by atoms with van der Waals surface area (Å²) in [6.45, 7) is 6.99. The van der Waals surface area contributed by atoms with Gasteiger partial charge in [0.2, 0.25) is 0 Å². The molecule has 1 aromatic carbocycles. The fraction of sp³-hybridized carbons (Fsp3) is 0.556. The molecular formula is C27H33NO3. The molecule has 4 atom stereocenters. The molecule has 5 rings (SSSR count). The molecule has 2 saturated heterocycles. The Morgan fingerprint density at radius 2 is 1.84 bits per heavy atom. The summed E-state index contributed by atoms with van der Waals surface area (Å²) in [5.74, 6) is 0.861. The van der Waals surface area contributed by atoms with E-state index in [4.69, 9.17) is 4.74 Å². The molecule has 2 heterocycles. The third kappa shape index (κ3) is 3.80. The zero-order valence-electron chi connectivity index (χ0n) is 18.7. The molecule has 164 valence electrons. The van der Waals surface area contributed by atoms with Gasteiger partial charge in [-0.05, 0) is 75.2 Å². The van der Waals surface area contributed by atoms with E-state index in [0.717, 1.165) is 56.0 Å². The van der Waals surface area contributed by atoms with Crippen molar-refractivity contribution in [3.8, 4) is 0 Å². The molecule has 31 heavy (non-hydrogen) atoms. The van der Waals surface area contributed by atoms with Crippen LogP contribution in [0.5, 0.6) is 0 Å². The van der Waals surface area contributed by atoms with Crippen LogP contribution in [0.2, 0.25) is 0 Å². The number of hydrogen-bond donors (Lipinski definition) is 0. The number of carbonyl (C=O) groups excluding carboxylic acids is 2. The quantitative estimate of drug-likeness (QED) is 0.681. The molecule has 3 fully saturated rings. The molecule has 0 bridgehead atoms. The number of fused-ring (bicyclic) bond motifs is 3. The SMILES string of the molecule is CC1=C2[C@H]3OC(=O)[C@@H](CN4CCC(Cc5ccccc5)CC4)[C@@H]3CC[C@@]2(C)C=CC1=O. The molecule has 4 heteroatoms. The first-order valence-electron chi connectivity index (χ1n) is 11.9. The van der Waals surface area contributed by atoms with Crippen molar-refractivity contribution in [2.24, 2.45) is 23.2 Å². The second-order valence-electron chi connectivity index (χ2n) is 10.3. The normalized spacial score (nSPS) is 33.9. The number of allylic oxidation sites excluding steroid dienone is 3. The van der Waals surface area contributed by atoms with Crippen molar-refractivity contribution in [3.05, 3.63) is 59.2 Å². The van der Waals surface area contributed by atoms with E-state index in [1.807, 2.05) is 13.0 Å². The first kappa shape index (κ1) is 20.7. The number of benzene rings is 1. The number of hydrogen-bond acceptors (Lipinski definition) is 4. The van der Waals surface area contributed by atoms with E-state index >= 15 is 0 Å². The van der Waals surface area contributed by atoms with E-state index in [9.17, 15) is 9.59 Å². The van der Waals surface area contributed by atoms with Crippen LogP contribution in [-0.4, -0.2) is 42.4 Å². The van der Waals surface area contributed by atoms with E-state index in [1.165, 1.54) is 18.4 Å². The van der Waals surface area contributed by atoms with E-state index in [2.05, 4.69) is 42.2 Å². The molecule has 0 amide bonds. The highest BCUT2D eigenvalue weighted by molar-refractivity contribution is 6.05. The molecule has 4 aliphatic rings. The van der Waals surface area contributed by atoms with Crippen LogP contribution in [0.25, 0.3) is 0 Å². The number of ketones is 1. The number of rotatable bonds is 4. The van der Waals surface area contributed by atoms with Gasteiger partial charge in [0.15, 0.2) is 5.78 Å².